The highest BCUT2D eigenvalue weighted by molar-refractivity contribution is 7.80. The van der Waals surface area contributed by atoms with Crippen molar-refractivity contribution < 1.29 is 9.15 Å². The molecule has 3 rings (SSSR count). The van der Waals surface area contributed by atoms with Crippen molar-refractivity contribution in [3.63, 3.8) is 0 Å². The highest BCUT2D eigenvalue weighted by atomic mass is 32.1. The van der Waals surface area contributed by atoms with Gasteiger partial charge in [0.15, 0.2) is 5.11 Å². The van der Waals surface area contributed by atoms with Crippen LogP contribution in [0.4, 0.5) is 0 Å². The maximum atomic E-state index is 12.7. The summed E-state index contributed by atoms with van der Waals surface area (Å²) in [6.07, 6.45) is 2.50. The zero-order chi connectivity index (χ0) is 20.6. The second-order valence-electron chi connectivity index (χ2n) is 6.93. The van der Waals surface area contributed by atoms with Crippen molar-refractivity contribution in [1.29, 1.82) is 0 Å². The number of ether oxygens (including phenoxy) is 1. The summed E-state index contributed by atoms with van der Waals surface area (Å²) in [7, 11) is 0. The number of aromatic nitrogens is 1. The van der Waals surface area contributed by atoms with Gasteiger partial charge in [0, 0.05) is 30.8 Å². The van der Waals surface area contributed by atoms with Crippen LogP contribution in [0.3, 0.4) is 0 Å². The molecule has 29 heavy (non-hydrogen) atoms. The molecule has 2 heterocycles. The molecule has 6 nitrogen and oxygen atoms in total. The van der Waals surface area contributed by atoms with Gasteiger partial charge in [-0.1, -0.05) is 12.1 Å². The van der Waals surface area contributed by atoms with Crippen LogP contribution in [0.25, 0.3) is 10.9 Å². The number of fused-ring (bicyclic) bond motifs is 1. The Balaban J connectivity index is 1.76. The van der Waals surface area contributed by atoms with E-state index in [2.05, 4.69) is 10.3 Å². The van der Waals surface area contributed by atoms with E-state index in [0.29, 0.717) is 43.5 Å². The Kier molecular flexibility index (Phi) is 7.43. The average molecular weight is 414 g/mol. The number of H-pyrrole nitrogens is 1. The third-order valence-corrected chi connectivity index (χ3v) is 5.00. The molecule has 154 valence electrons. The molecular formula is C22H27N3O3S. The van der Waals surface area contributed by atoms with Crippen molar-refractivity contribution in [3.8, 4) is 0 Å². The first-order chi connectivity index (χ1) is 14.1. The van der Waals surface area contributed by atoms with Crippen molar-refractivity contribution in [2.24, 2.45) is 0 Å². The van der Waals surface area contributed by atoms with Gasteiger partial charge in [0.25, 0.3) is 5.56 Å². The molecule has 3 aromatic rings. The molecule has 0 unspecified atom stereocenters. The lowest BCUT2D eigenvalue weighted by Gasteiger charge is -2.25. The van der Waals surface area contributed by atoms with Crippen LogP contribution >= 0.6 is 12.2 Å². The summed E-state index contributed by atoms with van der Waals surface area (Å²) in [5.74, 6) is 0.788. The summed E-state index contributed by atoms with van der Waals surface area (Å²) >= 11 is 5.60. The molecule has 0 aliphatic carbocycles. The van der Waals surface area contributed by atoms with Crippen LogP contribution in [0.2, 0.25) is 0 Å². The molecule has 0 aliphatic rings. The Bertz CT molecular complexity index is 998. The summed E-state index contributed by atoms with van der Waals surface area (Å²) < 4.78 is 10.9. The fraction of sp³-hybridized carbons (Fsp3) is 0.364. The van der Waals surface area contributed by atoms with Crippen LogP contribution in [-0.4, -0.2) is 34.8 Å². The van der Waals surface area contributed by atoms with Gasteiger partial charge in [-0.2, -0.15) is 0 Å². The number of benzene rings is 1. The molecule has 0 atom stereocenters. The van der Waals surface area contributed by atoms with E-state index < -0.39 is 0 Å². The van der Waals surface area contributed by atoms with Crippen LogP contribution in [0.5, 0.6) is 0 Å². The van der Waals surface area contributed by atoms with Crippen molar-refractivity contribution in [2.45, 2.75) is 33.4 Å². The van der Waals surface area contributed by atoms with Crippen LogP contribution < -0.4 is 10.9 Å². The molecule has 2 aromatic heterocycles. The molecule has 0 aliphatic heterocycles. The molecule has 1 aromatic carbocycles. The number of hydrogen-bond acceptors (Lipinski definition) is 4. The maximum absolute atomic E-state index is 12.7. The largest absolute Gasteiger partial charge is 0.467 e. The number of thiocarbonyl (C=S) groups is 1. The predicted molar refractivity (Wildman–Crippen MR) is 119 cm³/mol. The minimum absolute atomic E-state index is 0.105. The zero-order valence-corrected chi connectivity index (χ0v) is 17.7. The van der Waals surface area contributed by atoms with Gasteiger partial charge in [-0.25, -0.2) is 0 Å². The van der Waals surface area contributed by atoms with Crippen LogP contribution in [-0.2, 0) is 17.8 Å². The number of nitrogens with one attached hydrogen (secondary N) is 2. The second-order valence-corrected chi connectivity index (χ2v) is 7.32. The summed E-state index contributed by atoms with van der Waals surface area (Å²) in [4.78, 5) is 17.6. The maximum Gasteiger partial charge on any atom is 0.253 e. The quantitative estimate of drug-likeness (QED) is 0.411. The monoisotopic (exact) mass is 413 g/mol. The van der Waals surface area contributed by atoms with Crippen molar-refractivity contribution in [3.05, 3.63) is 69.9 Å². The van der Waals surface area contributed by atoms with Crippen LogP contribution in [0.1, 0.15) is 30.2 Å². The summed E-state index contributed by atoms with van der Waals surface area (Å²) in [6.45, 7) is 6.96. The standard InChI is InChI=1S/C22H27N3O3S/c1-3-27-10-5-9-23-22(29)25(15-19-6-4-11-28-19)14-18-13-17-8-7-16(2)12-20(17)24-21(18)26/h4,6-8,11-13H,3,5,9-10,14-15H2,1-2H3,(H,23,29)(H,24,26). The van der Waals surface area contributed by atoms with Gasteiger partial charge >= 0.3 is 0 Å². The molecule has 0 saturated heterocycles. The topological polar surface area (TPSA) is 70.5 Å². The van der Waals surface area contributed by atoms with Gasteiger partial charge in [0.05, 0.1) is 19.4 Å². The fourth-order valence-corrected chi connectivity index (χ4v) is 3.33. The van der Waals surface area contributed by atoms with E-state index in [-0.39, 0.29) is 5.56 Å². The number of hydrogen-bond donors (Lipinski definition) is 2. The highest BCUT2D eigenvalue weighted by Crippen LogP contribution is 2.15. The average Bonchev–Trinajstić information content (AvgIpc) is 3.21. The van der Waals surface area contributed by atoms with Crippen LogP contribution in [0, 0.1) is 6.92 Å². The summed E-state index contributed by atoms with van der Waals surface area (Å²) in [5.41, 5.74) is 2.50. The first kappa shape index (κ1) is 21.1. The number of nitrogens with zero attached hydrogens (tertiary/aromatic N) is 1. The van der Waals surface area contributed by atoms with Gasteiger partial charge in [0.1, 0.15) is 5.76 Å². The Morgan fingerprint density at radius 1 is 1.28 bits per heavy atom. The fourth-order valence-electron chi connectivity index (χ4n) is 3.10. The number of furan rings is 1. The van der Waals surface area contributed by atoms with E-state index in [0.717, 1.165) is 28.6 Å². The Labute approximate surface area is 175 Å². The highest BCUT2D eigenvalue weighted by Gasteiger charge is 2.15. The first-order valence-electron chi connectivity index (χ1n) is 9.82. The van der Waals surface area contributed by atoms with Gasteiger partial charge in [-0.3, -0.25) is 4.79 Å². The molecule has 0 fully saturated rings. The first-order valence-corrected chi connectivity index (χ1v) is 10.2. The molecule has 0 amide bonds. The molecule has 0 radical (unpaired) electrons. The van der Waals surface area contributed by atoms with Crippen molar-refractivity contribution in [2.75, 3.05) is 19.8 Å². The van der Waals surface area contributed by atoms with Gasteiger partial charge in [0.2, 0.25) is 0 Å². The molecule has 7 heteroatoms. The lowest BCUT2D eigenvalue weighted by molar-refractivity contribution is 0.145. The van der Waals surface area contributed by atoms with E-state index in [1.807, 2.05) is 55.1 Å². The lowest BCUT2D eigenvalue weighted by atomic mass is 10.1. The Hall–Kier alpha value is -2.64. The second kappa shape index (κ2) is 10.2. The van der Waals surface area contributed by atoms with E-state index in [1.165, 1.54) is 0 Å². The third kappa shape index (κ3) is 5.92. The smallest absolute Gasteiger partial charge is 0.253 e. The number of pyridine rings is 1. The molecule has 2 N–H and O–H groups in total. The molecule has 0 saturated carbocycles. The molecular weight excluding hydrogens is 386 g/mol. The van der Waals surface area contributed by atoms with Gasteiger partial charge < -0.3 is 24.4 Å². The SMILES string of the molecule is CCOCCCNC(=S)N(Cc1ccco1)Cc1cc2ccc(C)cc2[nH]c1=O. The number of rotatable bonds is 9. The molecule has 0 spiro atoms. The van der Waals surface area contributed by atoms with E-state index >= 15 is 0 Å². The summed E-state index contributed by atoms with van der Waals surface area (Å²) in [6, 6.07) is 11.7. The predicted octanol–water partition coefficient (Wildman–Crippen LogP) is 3.73. The number of aryl methyl sites for hydroxylation is 1. The van der Waals surface area contributed by atoms with Crippen LogP contribution in [0.15, 0.2) is 51.9 Å². The summed E-state index contributed by atoms with van der Waals surface area (Å²) in [5, 5.41) is 4.85. The van der Waals surface area contributed by atoms with E-state index in [9.17, 15) is 4.79 Å². The minimum Gasteiger partial charge on any atom is -0.467 e. The third-order valence-electron chi connectivity index (χ3n) is 4.60. The van der Waals surface area contributed by atoms with E-state index in [1.54, 1.807) is 6.26 Å². The van der Waals surface area contributed by atoms with Crippen molar-refractivity contribution in [1.82, 2.24) is 15.2 Å². The Morgan fingerprint density at radius 3 is 2.90 bits per heavy atom. The minimum atomic E-state index is -0.105. The Morgan fingerprint density at radius 2 is 2.14 bits per heavy atom. The zero-order valence-electron chi connectivity index (χ0n) is 16.9. The normalized spacial score (nSPS) is 11.0. The van der Waals surface area contributed by atoms with Gasteiger partial charge in [-0.05, 0) is 67.7 Å². The lowest BCUT2D eigenvalue weighted by Crippen LogP contribution is -2.40. The molecule has 0 bridgehead atoms. The number of aromatic amines is 1. The van der Waals surface area contributed by atoms with E-state index in [4.69, 9.17) is 21.4 Å². The van der Waals surface area contributed by atoms with Crippen molar-refractivity contribution >= 4 is 28.2 Å². The van der Waals surface area contributed by atoms with Gasteiger partial charge in [-0.15, -0.1) is 0 Å².